The average molecular weight is 743 g/mol. The highest BCUT2D eigenvalue weighted by Gasteiger charge is 2.34. The van der Waals surface area contributed by atoms with Crippen LogP contribution in [0.3, 0.4) is 0 Å². The van der Waals surface area contributed by atoms with Crippen molar-refractivity contribution in [2.45, 2.75) is 4.29 Å². The second-order valence-corrected chi connectivity index (χ2v) is 18.5. The van der Waals surface area contributed by atoms with Gasteiger partial charge in [-0.3, -0.25) is 0 Å². The van der Waals surface area contributed by atoms with Crippen molar-refractivity contribution < 1.29 is 0 Å². The van der Waals surface area contributed by atoms with Crippen LogP contribution in [0.5, 0.6) is 0 Å². The molecule has 86 valence electrons. The monoisotopic (exact) mass is 735 g/mol. The van der Waals surface area contributed by atoms with Crippen LogP contribution in [0.2, 0.25) is 0 Å². The third kappa shape index (κ3) is 4.26. The molecule has 0 aliphatic carbocycles. The maximum atomic E-state index is 3.54. The number of thiophene rings is 1. The van der Waals surface area contributed by atoms with Gasteiger partial charge in [-0.1, -0.05) is 95.6 Å². The smallest absolute Gasteiger partial charge is 0.136 e. The van der Waals surface area contributed by atoms with E-state index in [4.69, 9.17) is 0 Å². The minimum atomic E-state index is -0.421. The van der Waals surface area contributed by atoms with Gasteiger partial charge in [0.15, 0.2) is 4.29 Å². The molecule has 0 nitrogen and oxygen atoms in total. The summed E-state index contributed by atoms with van der Waals surface area (Å²) < 4.78 is 1.15. The van der Waals surface area contributed by atoms with Crippen molar-refractivity contribution in [2.75, 3.05) is 0 Å². The van der Waals surface area contributed by atoms with Crippen molar-refractivity contribution in [3.63, 3.8) is 0 Å². The molecule has 0 radical (unpaired) electrons. The normalized spacial score (nSPS) is 13.3. The molecule has 0 N–H and O–H groups in total. The Balaban J connectivity index is 3.38. The lowest BCUT2D eigenvalue weighted by Gasteiger charge is -2.11. The molecular formula is C6Br8S. The molecular weight excluding hydrogens is 743 g/mol. The lowest BCUT2D eigenvalue weighted by atomic mass is 10.4. The first-order chi connectivity index (χ1) is 6.55. The zero-order chi connectivity index (χ0) is 12.0. The molecule has 0 bridgehead atoms. The predicted molar refractivity (Wildman–Crippen MR) is 96.6 cm³/mol. The van der Waals surface area contributed by atoms with Crippen LogP contribution in [0.25, 0.3) is 0 Å². The number of halogens is 8. The number of hydrogen-bond acceptors (Lipinski definition) is 1. The van der Waals surface area contributed by atoms with Crippen LogP contribution in [0.15, 0.2) is 8.95 Å². The number of hydrogen-bond donors (Lipinski definition) is 0. The highest BCUT2D eigenvalue weighted by Crippen LogP contribution is 2.58. The number of alkyl halides is 6. The first-order valence-electron chi connectivity index (χ1n) is 3.17. The largest absolute Gasteiger partial charge is 0.170 e. The van der Waals surface area contributed by atoms with Crippen LogP contribution < -0.4 is 0 Å². The quantitative estimate of drug-likeness (QED) is 0.238. The highest BCUT2D eigenvalue weighted by atomic mass is 80.0. The zero-order valence-corrected chi connectivity index (χ0v) is 19.9. The van der Waals surface area contributed by atoms with Crippen LogP contribution in [0.1, 0.15) is 9.75 Å². The molecule has 0 unspecified atom stereocenters. The molecule has 0 amide bonds. The van der Waals surface area contributed by atoms with Gasteiger partial charge in [0.2, 0.25) is 0 Å². The zero-order valence-electron chi connectivity index (χ0n) is 6.43. The minimum absolute atomic E-state index is 0.421. The molecule has 1 heterocycles. The van der Waals surface area contributed by atoms with Crippen LogP contribution in [0.4, 0.5) is 0 Å². The van der Waals surface area contributed by atoms with E-state index in [1.807, 2.05) is 0 Å². The standard InChI is InChI=1S/C6Br8S/c7-1-2(8)4(6(12,13)14)15-3(1)5(9,10)11. The van der Waals surface area contributed by atoms with Crippen molar-refractivity contribution in [3.05, 3.63) is 18.7 Å². The van der Waals surface area contributed by atoms with Gasteiger partial charge in [0.1, 0.15) is 0 Å². The molecule has 0 fully saturated rings. The Kier molecular flexibility index (Phi) is 6.52. The van der Waals surface area contributed by atoms with E-state index in [2.05, 4.69) is 127 Å². The Hall–Kier alpha value is 3.54. The molecule has 0 atom stereocenters. The first kappa shape index (κ1) is 16.6. The lowest BCUT2D eigenvalue weighted by Crippen LogP contribution is -1.94. The van der Waals surface area contributed by atoms with Crippen LogP contribution >= 0.6 is 139 Å². The highest BCUT2D eigenvalue weighted by molar-refractivity contribution is 9.39. The van der Waals surface area contributed by atoms with Gasteiger partial charge >= 0.3 is 0 Å². The van der Waals surface area contributed by atoms with E-state index < -0.39 is 4.29 Å². The van der Waals surface area contributed by atoms with E-state index in [9.17, 15) is 0 Å². The predicted octanol–water partition coefficient (Wildman–Crippen LogP) is 7.86. The van der Waals surface area contributed by atoms with Crippen LogP contribution in [-0.2, 0) is 4.29 Å². The summed E-state index contributed by atoms with van der Waals surface area (Å²) >= 11 is 29.7. The summed E-state index contributed by atoms with van der Waals surface area (Å²) in [5.74, 6) is 0. The summed E-state index contributed by atoms with van der Waals surface area (Å²) in [5, 5.41) is 0. The van der Waals surface area contributed by atoms with Crippen molar-refractivity contribution in [2.24, 2.45) is 0 Å². The number of rotatable bonds is 0. The van der Waals surface area contributed by atoms with E-state index in [0.29, 0.717) is 0 Å². The second kappa shape index (κ2) is 5.89. The van der Waals surface area contributed by atoms with Gasteiger partial charge in [0.05, 0.1) is 9.75 Å². The molecule has 9 heteroatoms. The summed E-state index contributed by atoms with van der Waals surface area (Å²) in [4.78, 5) is 2.15. The van der Waals surface area contributed by atoms with Gasteiger partial charge in [0, 0.05) is 8.95 Å². The van der Waals surface area contributed by atoms with Gasteiger partial charge in [-0.2, -0.15) is 0 Å². The third-order valence-electron chi connectivity index (χ3n) is 1.31. The van der Waals surface area contributed by atoms with Crippen molar-refractivity contribution in [3.8, 4) is 0 Å². The molecule has 0 aliphatic heterocycles. The molecule has 15 heavy (non-hydrogen) atoms. The fraction of sp³-hybridized carbons (Fsp3) is 0.333. The fourth-order valence-corrected chi connectivity index (χ4v) is 7.56. The Morgan fingerprint density at radius 2 is 0.933 bits per heavy atom. The van der Waals surface area contributed by atoms with E-state index in [1.54, 1.807) is 11.3 Å². The Labute approximate surface area is 159 Å². The first-order valence-corrected chi connectivity index (χ1v) is 10.3. The Bertz CT molecular complexity index is 335. The van der Waals surface area contributed by atoms with E-state index in [1.165, 1.54) is 0 Å². The molecule has 0 saturated heterocycles. The van der Waals surface area contributed by atoms with Crippen molar-refractivity contribution in [1.29, 1.82) is 0 Å². The average Bonchev–Trinajstić information content (AvgIpc) is 2.26. The van der Waals surface area contributed by atoms with Gasteiger partial charge < -0.3 is 0 Å². The summed E-state index contributed by atoms with van der Waals surface area (Å²) in [7, 11) is 0. The molecule has 1 aromatic heterocycles. The minimum Gasteiger partial charge on any atom is -0.136 e. The van der Waals surface area contributed by atoms with E-state index >= 15 is 0 Å². The SMILES string of the molecule is Brc1c(C(Br)(Br)Br)sc(C(Br)(Br)Br)c1Br. The van der Waals surface area contributed by atoms with Gasteiger partial charge in [0.25, 0.3) is 0 Å². The topological polar surface area (TPSA) is 0 Å². The van der Waals surface area contributed by atoms with Crippen molar-refractivity contribution >= 4 is 139 Å². The Morgan fingerprint density at radius 3 is 1.07 bits per heavy atom. The Morgan fingerprint density at radius 1 is 0.667 bits per heavy atom. The maximum absolute atomic E-state index is 3.54. The van der Waals surface area contributed by atoms with Gasteiger partial charge in [-0.05, 0) is 31.9 Å². The summed E-state index contributed by atoms with van der Waals surface area (Å²) in [6.07, 6.45) is 0. The fourth-order valence-electron chi connectivity index (χ4n) is 0.756. The molecule has 0 saturated carbocycles. The molecule has 1 aromatic rings. The summed E-state index contributed by atoms with van der Waals surface area (Å²) in [5.41, 5.74) is 0. The maximum Gasteiger partial charge on any atom is 0.170 e. The van der Waals surface area contributed by atoms with E-state index in [-0.39, 0.29) is 0 Å². The van der Waals surface area contributed by atoms with E-state index in [0.717, 1.165) is 18.7 Å². The summed E-state index contributed by atoms with van der Waals surface area (Å²) in [6, 6.07) is 0. The summed E-state index contributed by atoms with van der Waals surface area (Å²) in [6.45, 7) is 0. The molecule has 0 aromatic carbocycles. The van der Waals surface area contributed by atoms with Crippen LogP contribution in [0, 0.1) is 0 Å². The van der Waals surface area contributed by atoms with Gasteiger partial charge in [-0.15, -0.1) is 11.3 Å². The van der Waals surface area contributed by atoms with Crippen LogP contribution in [-0.4, -0.2) is 0 Å². The van der Waals surface area contributed by atoms with Gasteiger partial charge in [-0.25, -0.2) is 0 Å². The second-order valence-electron chi connectivity index (χ2n) is 2.38. The molecule has 0 spiro atoms. The molecule has 1 rings (SSSR count). The lowest BCUT2D eigenvalue weighted by molar-refractivity contribution is 1.41. The van der Waals surface area contributed by atoms with Crippen molar-refractivity contribution in [1.82, 2.24) is 0 Å². The third-order valence-corrected chi connectivity index (χ3v) is 9.34. The molecule has 0 aliphatic rings.